The molecular weight excluding hydrogens is 408 g/mol. The Morgan fingerprint density at radius 2 is 1.81 bits per heavy atom. The quantitative estimate of drug-likeness (QED) is 0.670. The molecule has 1 N–H and O–H groups in total. The minimum Gasteiger partial charge on any atom is -0.454 e. The van der Waals surface area contributed by atoms with Crippen molar-refractivity contribution in [2.24, 2.45) is 5.92 Å². The number of anilines is 1. The molecule has 0 aliphatic carbocycles. The van der Waals surface area contributed by atoms with Gasteiger partial charge in [0, 0.05) is 37.0 Å². The van der Waals surface area contributed by atoms with Crippen molar-refractivity contribution in [3.63, 3.8) is 0 Å². The Morgan fingerprint density at radius 1 is 1.03 bits per heavy atom. The average Bonchev–Trinajstić information content (AvgIpc) is 3.49. The molecule has 1 fully saturated rings. The van der Waals surface area contributed by atoms with Crippen molar-refractivity contribution < 1.29 is 19.1 Å². The van der Waals surface area contributed by atoms with E-state index in [-0.39, 0.29) is 24.5 Å². The first-order valence-corrected chi connectivity index (χ1v) is 10.7. The molecule has 0 radical (unpaired) electrons. The summed E-state index contributed by atoms with van der Waals surface area (Å²) in [5.41, 5.74) is 2.52. The normalized spacial score (nSPS) is 15.6. The van der Waals surface area contributed by atoms with Gasteiger partial charge in [-0.1, -0.05) is 18.2 Å². The Kier molecular flexibility index (Phi) is 5.49. The van der Waals surface area contributed by atoms with Crippen LogP contribution in [0.2, 0.25) is 0 Å². The fraction of sp³-hybridized carbons (Fsp3) is 0.292. The summed E-state index contributed by atoms with van der Waals surface area (Å²) in [7, 11) is 0. The van der Waals surface area contributed by atoms with Crippen LogP contribution in [0, 0.1) is 5.92 Å². The summed E-state index contributed by atoms with van der Waals surface area (Å²) in [5, 5.41) is 7.31. The van der Waals surface area contributed by atoms with Crippen LogP contribution in [0.25, 0.3) is 5.69 Å². The van der Waals surface area contributed by atoms with Gasteiger partial charge in [-0.3, -0.25) is 9.59 Å². The largest absolute Gasteiger partial charge is 0.454 e. The van der Waals surface area contributed by atoms with Gasteiger partial charge in [0.1, 0.15) is 0 Å². The van der Waals surface area contributed by atoms with Crippen LogP contribution in [0.1, 0.15) is 18.4 Å². The Balaban J connectivity index is 1.12. The Bertz CT molecular complexity index is 1120. The van der Waals surface area contributed by atoms with Crippen LogP contribution < -0.4 is 14.8 Å². The van der Waals surface area contributed by atoms with Gasteiger partial charge >= 0.3 is 0 Å². The Morgan fingerprint density at radius 3 is 2.62 bits per heavy atom. The molecule has 0 bridgehead atoms. The van der Waals surface area contributed by atoms with Crippen molar-refractivity contribution in [2.45, 2.75) is 19.3 Å². The van der Waals surface area contributed by atoms with Crippen molar-refractivity contribution in [3.05, 3.63) is 66.5 Å². The minimum absolute atomic E-state index is 0.0277. The zero-order valence-electron chi connectivity index (χ0n) is 17.6. The molecule has 2 aliphatic rings. The number of aromatic nitrogens is 2. The summed E-state index contributed by atoms with van der Waals surface area (Å²) >= 11 is 0. The third-order valence-electron chi connectivity index (χ3n) is 5.87. The topological polar surface area (TPSA) is 85.7 Å². The van der Waals surface area contributed by atoms with Gasteiger partial charge in [0.25, 0.3) is 0 Å². The highest BCUT2D eigenvalue weighted by molar-refractivity contribution is 5.93. The van der Waals surface area contributed by atoms with Gasteiger partial charge in [-0.25, -0.2) is 4.68 Å². The minimum atomic E-state index is -0.120. The monoisotopic (exact) mass is 432 g/mol. The van der Waals surface area contributed by atoms with Crippen LogP contribution in [-0.4, -0.2) is 46.4 Å². The van der Waals surface area contributed by atoms with E-state index < -0.39 is 0 Å². The van der Waals surface area contributed by atoms with E-state index in [9.17, 15) is 9.59 Å². The third kappa shape index (κ3) is 4.30. The fourth-order valence-electron chi connectivity index (χ4n) is 4.07. The second kappa shape index (κ2) is 8.74. The first-order valence-electron chi connectivity index (χ1n) is 10.7. The molecule has 0 spiro atoms. The number of ether oxygens (including phenoxy) is 2. The maximum absolute atomic E-state index is 12.8. The molecule has 2 aliphatic heterocycles. The van der Waals surface area contributed by atoms with E-state index in [1.165, 1.54) is 0 Å². The van der Waals surface area contributed by atoms with Gasteiger partial charge in [-0.15, -0.1) is 0 Å². The van der Waals surface area contributed by atoms with Crippen LogP contribution in [0.5, 0.6) is 11.5 Å². The number of para-hydroxylation sites is 1. The number of rotatable bonds is 5. The molecule has 2 aromatic carbocycles. The summed E-state index contributed by atoms with van der Waals surface area (Å²) < 4.78 is 12.4. The molecule has 3 heterocycles. The number of benzene rings is 2. The predicted octanol–water partition coefficient (Wildman–Crippen LogP) is 3.02. The van der Waals surface area contributed by atoms with Crippen LogP contribution >= 0.6 is 0 Å². The average molecular weight is 432 g/mol. The van der Waals surface area contributed by atoms with Crippen molar-refractivity contribution in [3.8, 4) is 17.2 Å². The highest BCUT2D eigenvalue weighted by Gasteiger charge is 2.28. The molecule has 164 valence electrons. The van der Waals surface area contributed by atoms with Crippen LogP contribution in [0.4, 0.5) is 5.69 Å². The van der Waals surface area contributed by atoms with E-state index in [0.717, 1.165) is 11.3 Å². The first-order chi connectivity index (χ1) is 15.7. The lowest BCUT2D eigenvalue weighted by Crippen LogP contribution is -2.42. The van der Waals surface area contributed by atoms with E-state index in [1.807, 2.05) is 41.4 Å². The molecule has 0 unspecified atom stereocenters. The maximum atomic E-state index is 12.8. The van der Waals surface area contributed by atoms with Crippen molar-refractivity contribution in [2.75, 3.05) is 25.2 Å². The summed E-state index contributed by atoms with van der Waals surface area (Å²) in [5.74, 6) is 1.24. The maximum Gasteiger partial charge on any atom is 0.231 e. The van der Waals surface area contributed by atoms with Crippen molar-refractivity contribution >= 4 is 17.5 Å². The second-order valence-electron chi connectivity index (χ2n) is 8.02. The summed E-state index contributed by atoms with van der Waals surface area (Å²) in [6.07, 6.45) is 5.22. The lowest BCUT2D eigenvalue weighted by atomic mass is 9.95. The Labute approximate surface area is 185 Å². The molecular formula is C24H24N4O4. The van der Waals surface area contributed by atoms with Gasteiger partial charge in [0.2, 0.25) is 18.6 Å². The van der Waals surface area contributed by atoms with Gasteiger partial charge in [0.15, 0.2) is 11.5 Å². The standard InChI is InChI=1S/C24H24N4O4/c29-23(12-17-14-25-28(15-17)20-4-2-1-3-5-20)27-10-8-18(9-11-27)24(30)26-19-6-7-21-22(13-19)32-16-31-21/h1-7,13-15,18H,8-12,16H2,(H,26,30). The number of nitrogens with zero attached hydrogens (tertiary/aromatic N) is 3. The molecule has 0 saturated carbocycles. The van der Waals surface area contributed by atoms with Gasteiger partial charge < -0.3 is 19.7 Å². The number of amides is 2. The number of carbonyl (C=O) groups excluding carboxylic acids is 2. The second-order valence-corrected chi connectivity index (χ2v) is 8.02. The SMILES string of the molecule is O=C(Nc1ccc2c(c1)OCO2)C1CCN(C(=O)Cc2cnn(-c3ccccc3)c2)CC1. The molecule has 32 heavy (non-hydrogen) atoms. The highest BCUT2D eigenvalue weighted by atomic mass is 16.7. The van der Waals surface area contributed by atoms with Gasteiger partial charge in [0.05, 0.1) is 18.3 Å². The number of fused-ring (bicyclic) bond motifs is 1. The number of nitrogens with one attached hydrogen (secondary N) is 1. The van der Waals surface area contributed by atoms with Gasteiger partial charge in [-0.05, 0) is 42.7 Å². The predicted molar refractivity (Wildman–Crippen MR) is 118 cm³/mol. The lowest BCUT2D eigenvalue weighted by molar-refractivity contribution is -0.133. The number of likely N-dealkylation sites (tertiary alicyclic amines) is 1. The van der Waals surface area contributed by atoms with E-state index in [4.69, 9.17) is 9.47 Å². The van der Waals surface area contributed by atoms with E-state index >= 15 is 0 Å². The molecule has 8 heteroatoms. The zero-order valence-corrected chi connectivity index (χ0v) is 17.6. The van der Waals surface area contributed by atoms with E-state index in [0.29, 0.717) is 49.5 Å². The molecule has 0 atom stereocenters. The number of piperidine rings is 1. The zero-order chi connectivity index (χ0) is 21.9. The molecule has 5 rings (SSSR count). The summed E-state index contributed by atoms with van der Waals surface area (Å²) in [6, 6.07) is 15.2. The van der Waals surface area contributed by atoms with E-state index in [1.54, 1.807) is 29.1 Å². The number of hydrogen-bond acceptors (Lipinski definition) is 5. The van der Waals surface area contributed by atoms with Gasteiger partial charge in [-0.2, -0.15) is 5.10 Å². The van der Waals surface area contributed by atoms with Crippen molar-refractivity contribution in [1.82, 2.24) is 14.7 Å². The molecule has 3 aromatic rings. The third-order valence-corrected chi connectivity index (χ3v) is 5.87. The van der Waals surface area contributed by atoms with Crippen LogP contribution in [0.3, 0.4) is 0 Å². The molecule has 2 amide bonds. The van der Waals surface area contributed by atoms with E-state index in [2.05, 4.69) is 10.4 Å². The van der Waals surface area contributed by atoms with Crippen LogP contribution in [-0.2, 0) is 16.0 Å². The summed E-state index contributed by atoms with van der Waals surface area (Å²) in [4.78, 5) is 27.3. The summed E-state index contributed by atoms with van der Waals surface area (Å²) in [6.45, 7) is 1.35. The first kappa shape index (κ1) is 20.1. The van der Waals surface area contributed by atoms with Crippen molar-refractivity contribution in [1.29, 1.82) is 0 Å². The number of carbonyl (C=O) groups is 2. The van der Waals surface area contributed by atoms with Crippen LogP contribution in [0.15, 0.2) is 60.9 Å². The Hall–Kier alpha value is -3.81. The lowest BCUT2D eigenvalue weighted by Gasteiger charge is -2.31. The number of hydrogen-bond donors (Lipinski definition) is 1. The molecule has 1 saturated heterocycles. The highest BCUT2D eigenvalue weighted by Crippen LogP contribution is 2.34. The fourth-order valence-corrected chi connectivity index (χ4v) is 4.07. The molecule has 8 nitrogen and oxygen atoms in total. The molecule has 1 aromatic heterocycles. The smallest absolute Gasteiger partial charge is 0.231 e.